The van der Waals surface area contributed by atoms with Crippen LogP contribution in [0.2, 0.25) is 0 Å². The summed E-state index contributed by atoms with van der Waals surface area (Å²) in [6, 6.07) is 0. The largest absolute Gasteiger partial charge is 0.304 e. The fourth-order valence-corrected chi connectivity index (χ4v) is 2.82. The molecular weight excluding hydrogens is 236 g/mol. The molecule has 0 spiro atoms. The molecule has 0 saturated heterocycles. The van der Waals surface area contributed by atoms with Crippen molar-refractivity contribution in [2.75, 3.05) is 13.2 Å². The number of hydrogen-bond acceptors (Lipinski definition) is 3. The minimum atomic E-state index is -1.53. The fraction of sp³-hybridized carbons (Fsp3) is 1.00. The highest BCUT2D eigenvalue weighted by molar-refractivity contribution is 7.75. The normalized spacial score (nSPS) is 19.4. The van der Waals surface area contributed by atoms with Crippen LogP contribution >= 0.6 is 0 Å². The average Bonchev–Trinajstić information content (AvgIpc) is 2.37. The van der Waals surface area contributed by atoms with Gasteiger partial charge in [-0.25, -0.2) is 0 Å². The first-order valence-electron chi connectivity index (χ1n) is 7.01. The van der Waals surface area contributed by atoms with Gasteiger partial charge in [-0.3, -0.25) is 8.37 Å². The number of hydrogen-bond donors (Lipinski definition) is 0. The van der Waals surface area contributed by atoms with E-state index in [9.17, 15) is 4.21 Å². The van der Waals surface area contributed by atoms with E-state index in [0.717, 1.165) is 12.8 Å². The summed E-state index contributed by atoms with van der Waals surface area (Å²) in [5, 5.41) is 0. The molecule has 1 fully saturated rings. The Morgan fingerprint density at radius 2 is 1.82 bits per heavy atom. The molecule has 3 nitrogen and oxygen atoms in total. The van der Waals surface area contributed by atoms with Gasteiger partial charge in [0.25, 0.3) is 0 Å². The van der Waals surface area contributed by atoms with Gasteiger partial charge >= 0.3 is 11.4 Å². The van der Waals surface area contributed by atoms with Gasteiger partial charge in [0, 0.05) is 0 Å². The van der Waals surface area contributed by atoms with Gasteiger partial charge < -0.3 is 0 Å². The first kappa shape index (κ1) is 15.1. The van der Waals surface area contributed by atoms with Crippen LogP contribution < -0.4 is 0 Å². The monoisotopic (exact) mass is 262 g/mol. The van der Waals surface area contributed by atoms with Crippen molar-refractivity contribution >= 4 is 11.4 Å². The quantitative estimate of drug-likeness (QED) is 0.593. The topological polar surface area (TPSA) is 35.5 Å². The third-order valence-corrected chi connectivity index (χ3v) is 3.99. The lowest BCUT2D eigenvalue weighted by atomic mass is 9.90. The molecule has 0 N–H and O–H groups in total. The Kier molecular flexibility index (Phi) is 8.93. The summed E-state index contributed by atoms with van der Waals surface area (Å²) in [5.41, 5.74) is 0. The first-order valence-corrected chi connectivity index (χ1v) is 8.01. The van der Waals surface area contributed by atoms with Crippen LogP contribution in [0.4, 0.5) is 0 Å². The summed E-state index contributed by atoms with van der Waals surface area (Å²) in [6.07, 6.45) is 10.9. The van der Waals surface area contributed by atoms with Crippen LogP contribution in [0, 0.1) is 5.92 Å². The Labute approximate surface area is 108 Å². The van der Waals surface area contributed by atoms with E-state index >= 15 is 0 Å². The van der Waals surface area contributed by atoms with E-state index < -0.39 is 11.4 Å². The Hall–Kier alpha value is 0.0700. The van der Waals surface area contributed by atoms with Gasteiger partial charge in [0.1, 0.15) is 0 Å². The van der Waals surface area contributed by atoms with E-state index in [-0.39, 0.29) is 0 Å². The highest BCUT2D eigenvalue weighted by Gasteiger charge is 2.15. The van der Waals surface area contributed by atoms with Gasteiger partial charge in [0.2, 0.25) is 0 Å². The maximum absolute atomic E-state index is 11.4. The molecule has 0 bridgehead atoms. The minimum Gasteiger partial charge on any atom is -0.268 e. The van der Waals surface area contributed by atoms with Gasteiger partial charge in [0.05, 0.1) is 13.2 Å². The molecule has 0 aromatic rings. The maximum atomic E-state index is 11.4. The van der Waals surface area contributed by atoms with Crippen molar-refractivity contribution < 1.29 is 12.6 Å². The van der Waals surface area contributed by atoms with E-state index in [1.807, 2.05) is 0 Å². The van der Waals surface area contributed by atoms with Crippen LogP contribution in [0.1, 0.15) is 64.7 Å². The van der Waals surface area contributed by atoms with Crippen molar-refractivity contribution in [2.24, 2.45) is 5.92 Å². The number of rotatable bonds is 9. The Morgan fingerprint density at radius 3 is 2.53 bits per heavy atom. The van der Waals surface area contributed by atoms with E-state index in [4.69, 9.17) is 8.37 Å². The third-order valence-electron chi connectivity index (χ3n) is 3.30. The first-order chi connectivity index (χ1) is 8.33. The Bertz CT molecular complexity index is 203. The van der Waals surface area contributed by atoms with Crippen molar-refractivity contribution in [1.82, 2.24) is 0 Å². The predicted octanol–water partition coefficient (Wildman–Crippen LogP) is 3.76. The Balaban J connectivity index is 1.93. The van der Waals surface area contributed by atoms with Gasteiger partial charge in [-0.05, 0) is 25.2 Å². The van der Waals surface area contributed by atoms with Crippen LogP contribution in [-0.2, 0) is 19.7 Å². The maximum Gasteiger partial charge on any atom is 0.304 e. The SMILES string of the molecule is CCCCCCOS(=O)OCC1CCCCC1. The van der Waals surface area contributed by atoms with Crippen LogP contribution in [0.5, 0.6) is 0 Å². The third kappa shape index (κ3) is 7.90. The molecule has 0 radical (unpaired) electrons. The lowest BCUT2D eigenvalue weighted by Crippen LogP contribution is -2.15. The molecular formula is C13H26O3S. The fourth-order valence-electron chi connectivity index (χ4n) is 2.20. The van der Waals surface area contributed by atoms with Crippen LogP contribution in [0.25, 0.3) is 0 Å². The molecule has 1 aliphatic carbocycles. The van der Waals surface area contributed by atoms with Crippen molar-refractivity contribution in [3.8, 4) is 0 Å². The van der Waals surface area contributed by atoms with Crippen LogP contribution in [0.3, 0.4) is 0 Å². The zero-order valence-corrected chi connectivity index (χ0v) is 11.8. The molecule has 1 aliphatic rings. The van der Waals surface area contributed by atoms with Gasteiger partial charge in [0.15, 0.2) is 0 Å². The molecule has 0 aromatic carbocycles. The van der Waals surface area contributed by atoms with Crippen LogP contribution in [0.15, 0.2) is 0 Å². The molecule has 0 heterocycles. The number of unbranched alkanes of at least 4 members (excludes halogenated alkanes) is 3. The molecule has 0 amide bonds. The average molecular weight is 262 g/mol. The van der Waals surface area contributed by atoms with Crippen LogP contribution in [-0.4, -0.2) is 17.4 Å². The van der Waals surface area contributed by atoms with Gasteiger partial charge in [-0.2, -0.15) is 4.21 Å². The molecule has 1 atom stereocenters. The molecule has 4 heteroatoms. The minimum absolute atomic E-state index is 0.553. The second-order valence-corrected chi connectivity index (χ2v) is 5.75. The van der Waals surface area contributed by atoms with Crippen molar-refractivity contribution in [2.45, 2.75) is 64.7 Å². The summed E-state index contributed by atoms with van der Waals surface area (Å²) in [5.74, 6) is 0.594. The van der Waals surface area contributed by atoms with E-state index in [2.05, 4.69) is 6.92 Å². The summed E-state index contributed by atoms with van der Waals surface area (Å²) >= 11 is -1.53. The molecule has 1 rings (SSSR count). The second kappa shape index (κ2) is 10.0. The lowest BCUT2D eigenvalue weighted by molar-refractivity contribution is 0.189. The molecule has 1 saturated carbocycles. The molecule has 0 aromatic heterocycles. The second-order valence-electron chi connectivity index (χ2n) is 4.88. The Morgan fingerprint density at radius 1 is 1.06 bits per heavy atom. The standard InChI is InChI=1S/C13H26O3S/c1-2-3-4-8-11-15-17(14)16-12-13-9-6-5-7-10-13/h13H,2-12H2,1H3. The van der Waals surface area contributed by atoms with E-state index in [1.54, 1.807) is 0 Å². The van der Waals surface area contributed by atoms with Crippen molar-refractivity contribution in [1.29, 1.82) is 0 Å². The zero-order valence-electron chi connectivity index (χ0n) is 11.0. The summed E-state index contributed by atoms with van der Waals surface area (Å²) < 4.78 is 21.8. The molecule has 0 aliphatic heterocycles. The molecule has 1 unspecified atom stereocenters. The smallest absolute Gasteiger partial charge is 0.268 e. The zero-order chi connectivity index (χ0) is 12.3. The predicted molar refractivity (Wildman–Crippen MR) is 70.8 cm³/mol. The van der Waals surface area contributed by atoms with E-state index in [0.29, 0.717) is 19.1 Å². The summed E-state index contributed by atoms with van der Waals surface area (Å²) in [7, 11) is 0. The van der Waals surface area contributed by atoms with Gasteiger partial charge in [-0.1, -0.05) is 45.4 Å². The van der Waals surface area contributed by atoms with Crippen molar-refractivity contribution in [3.05, 3.63) is 0 Å². The van der Waals surface area contributed by atoms with E-state index in [1.165, 1.54) is 44.9 Å². The highest BCUT2D eigenvalue weighted by Crippen LogP contribution is 2.23. The molecule has 17 heavy (non-hydrogen) atoms. The molecule has 102 valence electrons. The van der Waals surface area contributed by atoms with Crippen molar-refractivity contribution in [3.63, 3.8) is 0 Å². The summed E-state index contributed by atoms with van der Waals surface area (Å²) in [4.78, 5) is 0. The van der Waals surface area contributed by atoms with Gasteiger partial charge in [-0.15, -0.1) is 0 Å². The highest BCUT2D eigenvalue weighted by atomic mass is 32.2. The lowest BCUT2D eigenvalue weighted by Gasteiger charge is -2.20. The summed E-state index contributed by atoms with van der Waals surface area (Å²) in [6.45, 7) is 3.32.